The molecule has 4 heterocycles. The normalized spacial score (nSPS) is 17.6. The molecule has 0 radical (unpaired) electrons. The van der Waals surface area contributed by atoms with Gasteiger partial charge in [-0.3, -0.25) is 58.3 Å². The third kappa shape index (κ3) is 10.9. The van der Waals surface area contributed by atoms with E-state index in [1.165, 1.54) is 22.0 Å². The molecule has 2 aromatic heterocycles. The highest BCUT2D eigenvalue weighted by atomic mass is 16.5. The fourth-order valence-corrected chi connectivity index (χ4v) is 5.64. The fraction of sp³-hybridized carbons (Fsp3) is 0.438. The SMILES string of the molecule is O=C(O)CC(C(=O)O)N1CCN(Cc2ccccn2)CCN(C(CC(=O)O)C(=O)O)Cc2cc(OCCCN3C(=O)C=CC3=O)cc(n2)C1. The molecule has 2 aromatic rings. The van der Waals surface area contributed by atoms with Crippen LogP contribution < -0.4 is 4.74 Å². The molecule has 2 amide bonds. The molecule has 0 saturated heterocycles. The summed E-state index contributed by atoms with van der Waals surface area (Å²) in [5.41, 5.74) is 1.30. The van der Waals surface area contributed by atoms with Crippen molar-refractivity contribution in [3.63, 3.8) is 0 Å². The average Bonchev–Trinajstić information content (AvgIpc) is 3.36. The Bertz CT molecular complexity index is 1490. The molecule has 0 spiro atoms. The van der Waals surface area contributed by atoms with Crippen molar-refractivity contribution in [3.8, 4) is 5.75 Å². The van der Waals surface area contributed by atoms with E-state index in [9.17, 15) is 49.2 Å². The summed E-state index contributed by atoms with van der Waals surface area (Å²) in [6.07, 6.45) is 2.91. The van der Waals surface area contributed by atoms with Gasteiger partial charge in [0.05, 0.1) is 36.5 Å². The van der Waals surface area contributed by atoms with E-state index in [0.29, 0.717) is 23.6 Å². The number of imide groups is 1. The molecule has 0 aliphatic carbocycles. The van der Waals surface area contributed by atoms with Gasteiger partial charge in [0.1, 0.15) is 17.8 Å². The highest BCUT2D eigenvalue weighted by Crippen LogP contribution is 2.22. The summed E-state index contributed by atoms with van der Waals surface area (Å²) >= 11 is 0. The number of nitrogens with zero attached hydrogens (tertiary/aromatic N) is 6. The number of carbonyl (C=O) groups excluding carboxylic acids is 2. The van der Waals surface area contributed by atoms with Crippen LogP contribution in [0.1, 0.15) is 36.3 Å². The highest BCUT2D eigenvalue weighted by molar-refractivity contribution is 6.12. The number of hydrogen-bond donors (Lipinski definition) is 4. The molecule has 17 heteroatoms. The number of aliphatic carboxylic acids is 4. The van der Waals surface area contributed by atoms with E-state index in [1.54, 1.807) is 36.5 Å². The molecular formula is C32H38N6O11. The number of carboxylic acids is 4. The van der Waals surface area contributed by atoms with Crippen LogP contribution in [0, 0.1) is 0 Å². The topological polar surface area (TPSA) is 231 Å². The minimum Gasteiger partial charge on any atom is -0.493 e. The molecule has 2 unspecified atom stereocenters. The van der Waals surface area contributed by atoms with Gasteiger partial charge in [0, 0.05) is 82.8 Å². The number of ether oxygens (including phenoxy) is 1. The monoisotopic (exact) mass is 682 g/mol. The smallest absolute Gasteiger partial charge is 0.321 e. The fourth-order valence-electron chi connectivity index (χ4n) is 5.64. The zero-order chi connectivity index (χ0) is 35.5. The number of rotatable bonds is 15. The lowest BCUT2D eigenvalue weighted by Gasteiger charge is -2.34. The van der Waals surface area contributed by atoms with E-state index < -0.39 is 60.6 Å². The van der Waals surface area contributed by atoms with Crippen molar-refractivity contribution in [1.82, 2.24) is 29.6 Å². The number of carboxylic acid groups (broad SMARTS) is 4. The summed E-state index contributed by atoms with van der Waals surface area (Å²) in [5.74, 6) is -5.83. The molecule has 0 fully saturated rings. The van der Waals surface area contributed by atoms with E-state index in [-0.39, 0.29) is 64.6 Å². The summed E-state index contributed by atoms with van der Waals surface area (Å²) in [6.45, 7) is 0.915. The van der Waals surface area contributed by atoms with E-state index in [2.05, 4.69) is 9.97 Å². The number of amides is 2. The van der Waals surface area contributed by atoms with Crippen LogP contribution >= 0.6 is 0 Å². The first-order valence-corrected chi connectivity index (χ1v) is 15.6. The van der Waals surface area contributed by atoms with Crippen LogP contribution in [0.25, 0.3) is 0 Å². The van der Waals surface area contributed by atoms with Crippen LogP contribution in [0.5, 0.6) is 5.75 Å². The van der Waals surface area contributed by atoms with Crippen molar-refractivity contribution in [2.45, 2.75) is 51.0 Å². The molecular weight excluding hydrogens is 644 g/mol. The zero-order valence-electron chi connectivity index (χ0n) is 26.6. The molecule has 4 rings (SSSR count). The molecule has 4 N–H and O–H groups in total. The number of pyridine rings is 2. The number of fused-ring (bicyclic) bond motifs is 2. The lowest BCUT2D eigenvalue weighted by molar-refractivity contribution is -0.150. The molecule has 2 aliphatic rings. The van der Waals surface area contributed by atoms with Gasteiger partial charge in [0.25, 0.3) is 11.8 Å². The minimum absolute atomic E-state index is 0.0728. The van der Waals surface area contributed by atoms with Crippen molar-refractivity contribution in [2.75, 3.05) is 39.3 Å². The largest absolute Gasteiger partial charge is 0.493 e. The first kappa shape index (κ1) is 36.6. The predicted molar refractivity (Wildman–Crippen MR) is 168 cm³/mol. The summed E-state index contributed by atoms with van der Waals surface area (Å²) in [5, 5.41) is 39.2. The number of aromatic nitrogens is 2. The lowest BCUT2D eigenvalue weighted by Crippen LogP contribution is -2.49. The summed E-state index contributed by atoms with van der Waals surface area (Å²) in [7, 11) is 0. The first-order chi connectivity index (χ1) is 23.4. The Labute approximate surface area is 281 Å². The number of carbonyl (C=O) groups is 6. The van der Waals surface area contributed by atoms with E-state index in [0.717, 1.165) is 4.90 Å². The maximum absolute atomic E-state index is 12.3. The van der Waals surface area contributed by atoms with Gasteiger partial charge in [-0.2, -0.15) is 0 Å². The van der Waals surface area contributed by atoms with Crippen molar-refractivity contribution >= 4 is 35.7 Å². The molecule has 49 heavy (non-hydrogen) atoms. The van der Waals surface area contributed by atoms with Crippen LogP contribution in [0.4, 0.5) is 0 Å². The second-order valence-corrected chi connectivity index (χ2v) is 11.6. The quantitative estimate of drug-likeness (QED) is 0.145. The predicted octanol–water partition coefficient (Wildman–Crippen LogP) is 0.146. The summed E-state index contributed by atoms with van der Waals surface area (Å²) in [6, 6.07) is 5.66. The Hall–Kier alpha value is -5.26. The van der Waals surface area contributed by atoms with Crippen LogP contribution in [0.3, 0.4) is 0 Å². The summed E-state index contributed by atoms with van der Waals surface area (Å²) < 4.78 is 5.93. The van der Waals surface area contributed by atoms with E-state index in [1.807, 2.05) is 4.90 Å². The van der Waals surface area contributed by atoms with Gasteiger partial charge in [-0.1, -0.05) is 6.07 Å². The van der Waals surface area contributed by atoms with Crippen molar-refractivity contribution < 1.29 is 53.9 Å². The lowest BCUT2D eigenvalue weighted by atomic mass is 10.1. The van der Waals surface area contributed by atoms with Crippen LogP contribution in [-0.2, 0) is 48.4 Å². The van der Waals surface area contributed by atoms with Crippen LogP contribution in [-0.4, -0.2) is 137 Å². The second-order valence-electron chi connectivity index (χ2n) is 11.6. The third-order valence-electron chi connectivity index (χ3n) is 8.04. The maximum atomic E-state index is 12.3. The summed E-state index contributed by atoms with van der Waals surface area (Å²) in [4.78, 5) is 86.8. The first-order valence-electron chi connectivity index (χ1n) is 15.6. The highest BCUT2D eigenvalue weighted by Gasteiger charge is 2.32. The van der Waals surface area contributed by atoms with Crippen molar-refractivity contribution in [3.05, 3.63) is 65.8 Å². The molecule has 0 aromatic carbocycles. The Kier molecular flexibility index (Phi) is 12.9. The van der Waals surface area contributed by atoms with Gasteiger partial charge in [-0.15, -0.1) is 0 Å². The van der Waals surface area contributed by atoms with Crippen molar-refractivity contribution in [1.29, 1.82) is 0 Å². The Morgan fingerprint density at radius 3 is 1.82 bits per heavy atom. The maximum Gasteiger partial charge on any atom is 0.321 e. The molecule has 2 atom stereocenters. The Morgan fingerprint density at radius 2 is 1.35 bits per heavy atom. The zero-order valence-corrected chi connectivity index (χ0v) is 26.6. The molecule has 262 valence electrons. The van der Waals surface area contributed by atoms with Gasteiger partial charge in [0.2, 0.25) is 0 Å². The molecule has 17 nitrogen and oxygen atoms in total. The second kappa shape index (κ2) is 17.2. The van der Waals surface area contributed by atoms with Gasteiger partial charge in [-0.25, -0.2) is 0 Å². The van der Waals surface area contributed by atoms with Gasteiger partial charge in [0.15, 0.2) is 0 Å². The molecule has 0 saturated carbocycles. The van der Waals surface area contributed by atoms with Crippen molar-refractivity contribution in [2.24, 2.45) is 0 Å². The van der Waals surface area contributed by atoms with Crippen LogP contribution in [0.15, 0.2) is 48.7 Å². The molecule has 2 aliphatic heterocycles. The van der Waals surface area contributed by atoms with Crippen LogP contribution in [0.2, 0.25) is 0 Å². The third-order valence-corrected chi connectivity index (χ3v) is 8.04. The van der Waals surface area contributed by atoms with E-state index in [4.69, 9.17) is 4.74 Å². The standard InChI is InChI=1S/C32H38N6O11/c39-27-5-6-28(40)38(27)8-3-13-49-24-14-22-19-36(25(31(45)46)16-29(41)42)11-9-35(18-21-4-1-2-7-33-21)10-12-37(20-23(15-24)34-22)26(32(47)48)17-30(43)44/h1-2,4-7,14-15,25-26H,3,8-13,16-20H2,(H,41,42)(H,43,44)(H,45,46)(H,47,48). The Balaban J connectivity index is 1.67. The van der Waals surface area contributed by atoms with Gasteiger partial charge >= 0.3 is 23.9 Å². The molecule has 2 bridgehead atoms. The number of hydrogen-bond acceptors (Lipinski definition) is 12. The van der Waals surface area contributed by atoms with Gasteiger partial charge < -0.3 is 25.2 Å². The minimum atomic E-state index is -1.40. The Morgan fingerprint density at radius 1 is 0.796 bits per heavy atom. The average molecular weight is 683 g/mol. The van der Waals surface area contributed by atoms with Gasteiger partial charge in [-0.05, 0) is 18.6 Å². The van der Waals surface area contributed by atoms with E-state index >= 15 is 0 Å².